The summed E-state index contributed by atoms with van der Waals surface area (Å²) < 4.78 is 40.1. The van der Waals surface area contributed by atoms with E-state index in [-0.39, 0.29) is 17.2 Å². The SMILES string of the molecule is CCOc1ccc(S(=O)(=O)N(CC)CC)cc1NC(=O)COc1nn(C)c2nc(C)cc(C)c12. The molecule has 11 heteroatoms. The lowest BCUT2D eigenvalue weighted by atomic mass is 10.2. The van der Waals surface area contributed by atoms with Crippen LogP contribution in [0.3, 0.4) is 0 Å². The normalized spacial score (nSPS) is 11.7. The Labute approximate surface area is 199 Å². The lowest BCUT2D eigenvalue weighted by Gasteiger charge is -2.20. The second-order valence-corrected chi connectivity index (χ2v) is 9.66. The predicted octanol–water partition coefficient (Wildman–Crippen LogP) is 3.03. The molecule has 0 aliphatic carbocycles. The molecule has 10 nitrogen and oxygen atoms in total. The Morgan fingerprint density at radius 3 is 2.47 bits per heavy atom. The summed E-state index contributed by atoms with van der Waals surface area (Å²) in [4.78, 5) is 17.3. The van der Waals surface area contributed by atoms with Crippen LogP contribution >= 0.6 is 0 Å². The zero-order valence-corrected chi connectivity index (χ0v) is 21.2. The van der Waals surface area contributed by atoms with E-state index in [9.17, 15) is 13.2 Å². The monoisotopic (exact) mass is 489 g/mol. The first-order chi connectivity index (χ1) is 16.1. The second kappa shape index (κ2) is 10.4. The molecular formula is C23H31N5O5S. The van der Waals surface area contributed by atoms with Crippen molar-refractivity contribution in [1.82, 2.24) is 19.1 Å². The first-order valence-corrected chi connectivity index (χ1v) is 12.6. The lowest BCUT2D eigenvalue weighted by molar-refractivity contribution is -0.118. The molecule has 3 aromatic rings. The van der Waals surface area contributed by atoms with Gasteiger partial charge in [-0.15, -0.1) is 5.10 Å². The average Bonchev–Trinajstić information content (AvgIpc) is 3.10. The van der Waals surface area contributed by atoms with Crippen LogP contribution in [0.4, 0.5) is 5.69 Å². The number of amides is 1. The number of carbonyl (C=O) groups excluding carboxylic acids is 1. The summed E-state index contributed by atoms with van der Waals surface area (Å²) in [5, 5.41) is 7.79. The maximum atomic E-state index is 12.9. The maximum absolute atomic E-state index is 12.9. The molecule has 1 aromatic carbocycles. The van der Waals surface area contributed by atoms with E-state index in [1.807, 2.05) is 19.9 Å². The van der Waals surface area contributed by atoms with Gasteiger partial charge in [0.05, 0.1) is 22.6 Å². The summed E-state index contributed by atoms with van der Waals surface area (Å²) in [6.07, 6.45) is 0. The zero-order chi connectivity index (χ0) is 25.0. The number of pyridine rings is 1. The maximum Gasteiger partial charge on any atom is 0.262 e. The molecule has 34 heavy (non-hydrogen) atoms. The molecule has 0 fully saturated rings. The molecule has 1 amide bonds. The van der Waals surface area contributed by atoms with Gasteiger partial charge in [0, 0.05) is 25.8 Å². The van der Waals surface area contributed by atoms with Crippen molar-refractivity contribution in [3.8, 4) is 11.6 Å². The summed E-state index contributed by atoms with van der Waals surface area (Å²) in [6, 6.07) is 6.35. The van der Waals surface area contributed by atoms with Gasteiger partial charge in [0.1, 0.15) is 5.75 Å². The van der Waals surface area contributed by atoms with Gasteiger partial charge in [0.2, 0.25) is 15.9 Å². The topological polar surface area (TPSA) is 116 Å². The Morgan fingerprint density at radius 1 is 1.12 bits per heavy atom. The van der Waals surface area contributed by atoms with E-state index in [4.69, 9.17) is 9.47 Å². The minimum Gasteiger partial charge on any atom is -0.492 e. The minimum atomic E-state index is -3.70. The molecule has 2 aromatic heterocycles. The molecule has 0 bridgehead atoms. The Morgan fingerprint density at radius 2 is 1.82 bits per heavy atom. The van der Waals surface area contributed by atoms with Crippen molar-refractivity contribution in [3.63, 3.8) is 0 Å². The fraction of sp³-hybridized carbons (Fsp3) is 0.435. The van der Waals surface area contributed by atoms with E-state index < -0.39 is 15.9 Å². The Kier molecular flexibility index (Phi) is 7.78. The number of hydrogen-bond acceptors (Lipinski definition) is 7. The predicted molar refractivity (Wildman–Crippen MR) is 130 cm³/mol. The molecule has 0 spiro atoms. The number of nitrogens with one attached hydrogen (secondary N) is 1. The number of fused-ring (bicyclic) bond motifs is 1. The van der Waals surface area contributed by atoms with Gasteiger partial charge in [0.15, 0.2) is 12.3 Å². The van der Waals surface area contributed by atoms with Gasteiger partial charge in [-0.2, -0.15) is 4.31 Å². The van der Waals surface area contributed by atoms with E-state index in [2.05, 4.69) is 15.4 Å². The standard InChI is InChI=1S/C23H31N5O5S/c1-7-28(8-2)34(30,31)17-10-11-19(32-9-3)18(13-17)25-20(29)14-33-23-21-15(4)12-16(5)24-22(21)27(6)26-23/h10-13H,7-9,14H2,1-6H3,(H,25,29). The molecular weight excluding hydrogens is 458 g/mol. The molecule has 1 N–H and O–H groups in total. The van der Waals surface area contributed by atoms with Crippen molar-refractivity contribution in [2.75, 3.05) is 31.6 Å². The summed E-state index contributed by atoms with van der Waals surface area (Å²) in [7, 11) is -1.94. The molecule has 2 heterocycles. The van der Waals surface area contributed by atoms with Crippen molar-refractivity contribution >= 4 is 32.7 Å². The number of rotatable bonds is 10. The molecule has 0 atom stereocenters. The fourth-order valence-corrected chi connectivity index (χ4v) is 5.22. The first kappa shape index (κ1) is 25.4. The van der Waals surface area contributed by atoms with E-state index in [1.54, 1.807) is 38.6 Å². The van der Waals surface area contributed by atoms with E-state index >= 15 is 0 Å². The summed E-state index contributed by atoms with van der Waals surface area (Å²) in [6.45, 7) is 9.90. The van der Waals surface area contributed by atoms with Crippen LogP contribution in [0, 0.1) is 13.8 Å². The van der Waals surface area contributed by atoms with Gasteiger partial charge in [-0.25, -0.2) is 18.1 Å². The first-order valence-electron chi connectivity index (χ1n) is 11.1. The number of sulfonamides is 1. The summed E-state index contributed by atoms with van der Waals surface area (Å²) in [5.41, 5.74) is 2.73. The molecule has 0 radical (unpaired) electrons. The number of aryl methyl sites for hydroxylation is 3. The van der Waals surface area contributed by atoms with Crippen molar-refractivity contribution in [2.24, 2.45) is 7.05 Å². The summed E-state index contributed by atoms with van der Waals surface area (Å²) >= 11 is 0. The molecule has 0 saturated heterocycles. The molecule has 0 aliphatic rings. The Balaban J connectivity index is 1.83. The molecule has 0 unspecified atom stereocenters. The molecule has 0 saturated carbocycles. The largest absolute Gasteiger partial charge is 0.492 e. The minimum absolute atomic E-state index is 0.0728. The zero-order valence-electron chi connectivity index (χ0n) is 20.4. The van der Waals surface area contributed by atoms with Crippen LogP contribution in [0.5, 0.6) is 11.6 Å². The van der Waals surface area contributed by atoms with Crippen LogP contribution in [-0.4, -0.2) is 59.7 Å². The van der Waals surface area contributed by atoms with Gasteiger partial charge >= 0.3 is 0 Å². The number of benzene rings is 1. The molecule has 0 aliphatic heterocycles. The average molecular weight is 490 g/mol. The van der Waals surface area contributed by atoms with Crippen LogP contribution < -0.4 is 14.8 Å². The number of anilines is 1. The number of nitrogens with zero attached hydrogens (tertiary/aromatic N) is 4. The lowest BCUT2D eigenvalue weighted by Crippen LogP contribution is -2.30. The van der Waals surface area contributed by atoms with Crippen molar-refractivity contribution in [2.45, 2.75) is 39.5 Å². The molecule has 3 rings (SSSR count). The van der Waals surface area contributed by atoms with Crippen LogP contribution in [0.15, 0.2) is 29.2 Å². The van der Waals surface area contributed by atoms with E-state index in [0.717, 1.165) is 16.6 Å². The number of hydrogen-bond donors (Lipinski definition) is 1. The third kappa shape index (κ3) is 5.15. The number of aromatic nitrogens is 3. The Hall–Kier alpha value is -3.18. The van der Waals surface area contributed by atoms with Crippen LogP contribution in [0.2, 0.25) is 0 Å². The van der Waals surface area contributed by atoms with Gasteiger partial charge in [-0.05, 0) is 50.6 Å². The van der Waals surface area contributed by atoms with Crippen LogP contribution in [0.1, 0.15) is 32.0 Å². The van der Waals surface area contributed by atoms with Crippen molar-refractivity contribution in [1.29, 1.82) is 0 Å². The van der Waals surface area contributed by atoms with Gasteiger partial charge in [0.25, 0.3) is 5.91 Å². The fourth-order valence-electron chi connectivity index (χ4n) is 3.73. The van der Waals surface area contributed by atoms with Crippen LogP contribution in [-0.2, 0) is 21.9 Å². The number of ether oxygens (including phenoxy) is 2. The highest BCUT2D eigenvalue weighted by atomic mass is 32.2. The third-order valence-electron chi connectivity index (χ3n) is 5.29. The number of carbonyl (C=O) groups is 1. The van der Waals surface area contributed by atoms with E-state index in [0.29, 0.717) is 37.0 Å². The second-order valence-electron chi connectivity index (χ2n) is 7.73. The summed E-state index contributed by atoms with van der Waals surface area (Å²) in [5.74, 6) is 0.198. The quantitative estimate of drug-likeness (QED) is 0.465. The van der Waals surface area contributed by atoms with Crippen LogP contribution in [0.25, 0.3) is 11.0 Å². The van der Waals surface area contributed by atoms with Gasteiger partial charge in [-0.1, -0.05) is 13.8 Å². The van der Waals surface area contributed by atoms with Gasteiger partial charge < -0.3 is 14.8 Å². The highest BCUT2D eigenvalue weighted by Crippen LogP contribution is 2.30. The van der Waals surface area contributed by atoms with Crippen molar-refractivity contribution in [3.05, 3.63) is 35.5 Å². The van der Waals surface area contributed by atoms with Crippen molar-refractivity contribution < 1.29 is 22.7 Å². The highest BCUT2D eigenvalue weighted by molar-refractivity contribution is 7.89. The smallest absolute Gasteiger partial charge is 0.262 e. The third-order valence-corrected chi connectivity index (χ3v) is 7.34. The Bertz CT molecular complexity index is 1300. The highest BCUT2D eigenvalue weighted by Gasteiger charge is 2.23. The van der Waals surface area contributed by atoms with Gasteiger partial charge in [-0.3, -0.25) is 4.79 Å². The molecule has 184 valence electrons. The van der Waals surface area contributed by atoms with E-state index in [1.165, 1.54) is 16.4 Å².